The van der Waals surface area contributed by atoms with E-state index in [0.717, 1.165) is 37.6 Å². The molecule has 7 nitrogen and oxygen atoms in total. The van der Waals surface area contributed by atoms with Crippen LogP contribution in [0.25, 0.3) is 11.1 Å². The zero-order valence-corrected chi connectivity index (χ0v) is 19.9. The number of carbonyl (C=O) groups excluding carboxylic acids is 2. The first kappa shape index (κ1) is 23.7. The fraction of sp³-hybridized carbons (Fsp3) is 0.280. The largest absolute Gasteiger partial charge is 0.497 e. The van der Waals surface area contributed by atoms with Crippen molar-refractivity contribution in [3.05, 3.63) is 65.3 Å². The first-order valence-corrected chi connectivity index (χ1v) is 11.7. The molecule has 1 aliphatic heterocycles. The molecule has 0 radical (unpaired) electrons. The van der Waals surface area contributed by atoms with Gasteiger partial charge in [-0.2, -0.15) is 0 Å². The number of piperazine rings is 1. The average molecular weight is 484 g/mol. The van der Waals surface area contributed by atoms with E-state index in [1.165, 1.54) is 30.6 Å². The van der Waals surface area contributed by atoms with Crippen LogP contribution in [0.4, 0.5) is 15.1 Å². The van der Waals surface area contributed by atoms with Crippen molar-refractivity contribution in [1.82, 2.24) is 4.90 Å². The Bertz CT molecular complexity index is 1140. The van der Waals surface area contributed by atoms with Crippen LogP contribution >= 0.6 is 11.3 Å². The zero-order chi connectivity index (χ0) is 24.1. The van der Waals surface area contributed by atoms with Crippen LogP contribution in [-0.2, 0) is 9.53 Å². The Labute approximate surface area is 201 Å². The molecule has 1 saturated heterocycles. The lowest BCUT2D eigenvalue weighted by Gasteiger charge is -2.35. The van der Waals surface area contributed by atoms with Crippen LogP contribution in [0.15, 0.2) is 53.9 Å². The second-order valence-corrected chi connectivity index (χ2v) is 8.74. The average Bonchev–Trinajstić information content (AvgIpc) is 3.27. The van der Waals surface area contributed by atoms with Crippen molar-refractivity contribution < 1.29 is 23.5 Å². The maximum absolute atomic E-state index is 13.3. The van der Waals surface area contributed by atoms with E-state index in [0.29, 0.717) is 16.1 Å². The van der Waals surface area contributed by atoms with Gasteiger partial charge in [-0.15, -0.1) is 11.3 Å². The number of nitrogens with one attached hydrogen (secondary N) is 1. The lowest BCUT2D eigenvalue weighted by Crippen LogP contribution is -2.48. The molecule has 0 aliphatic carbocycles. The third-order valence-corrected chi connectivity index (χ3v) is 6.66. The number of benzene rings is 2. The Morgan fingerprint density at radius 2 is 1.68 bits per heavy atom. The van der Waals surface area contributed by atoms with Crippen molar-refractivity contribution in [1.29, 1.82) is 0 Å². The minimum atomic E-state index is -0.552. The molecule has 2 heterocycles. The lowest BCUT2D eigenvalue weighted by molar-refractivity contribution is -0.117. The van der Waals surface area contributed by atoms with Gasteiger partial charge in [-0.25, -0.2) is 9.18 Å². The molecule has 9 heteroatoms. The van der Waals surface area contributed by atoms with Crippen LogP contribution in [0.1, 0.15) is 10.4 Å². The van der Waals surface area contributed by atoms with Crippen LogP contribution < -0.4 is 15.0 Å². The van der Waals surface area contributed by atoms with Gasteiger partial charge < -0.3 is 19.7 Å². The summed E-state index contributed by atoms with van der Waals surface area (Å²) in [5.74, 6) is -0.291. The highest BCUT2D eigenvalue weighted by Gasteiger charge is 2.24. The number of amides is 1. The van der Waals surface area contributed by atoms with Gasteiger partial charge in [-0.3, -0.25) is 9.69 Å². The van der Waals surface area contributed by atoms with Gasteiger partial charge in [0, 0.05) is 42.8 Å². The number of halogens is 1. The van der Waals surface area contributed by atoms with E-state index >= 15 is 0 Å². The third kappa shape index (κ3) is 5.37. The van der Waals surface area contributed by atoms with E-state index in [1.807, 2.05) is 24.3 Å². The number of hydrogen-bond donors (Lipinski definition) is 1. The fourth-order valence-corrected chi connectivity index (χ4v) is 4.90. The van der Waals surface area contributed by atoms with Crippen molar-refractivity contribution in [3.63, 3.8) is 0 Å². The Morgan fingerprint density at radius 3 is 2.29 bits per heavy atom. The minimum Gasteiger partial charge on any atom is -0.497 e. The molecule has 4 rings (SSSR count). The molecular formula is C25H26FN3O4S. The number of nitrogens with zero attached hydrogens (tertiary/aromatic N) is 2. The van der Waals surface area contributed by atoms with E-state index in [2.05, 4.69) is 15.1 Å². The number of methoxy groups -OCH3 is 2. The topological polar surface area (TPSA) is 71.1 Å². The second kappa shape index (κ2) is 10.7. The lowest BCUT2D eigenvalue weighted by atomic mass is 10.0. The quantitative estimate of drug-likeness (QED) is 0.510. The Morgan fingerprint density at radius 1 is 1.00 bits per heavy atom. The third-order valence-electron chi connectivity index (χ3n) is 5.77. The van der Waals surface area contributed by atoms with Gasteiger partial charge in [0.25, 0.3) is 0 Å². The van der Waals surface area contributed by atoms with E-state index in [9.17, 15) is 14.0 Å². The summed E-state index contributed by atoms with van der Waals surface area (Å²) in [4.78, 5) is 29.6. The van der Waals surface area contributed by atoms with Crippen LogP contribution in [0.5, 0.6) is 5.75 Å². The molecule has 178 valence electrons. The van der Waals surface area contributed by atoms with E-state index in [-0.39, 0.29) is 23.8 Å². The molecular weight excluding hydrogens is 457 g/mol. The molecule has 0 bridgehead atoms. The second-order valence-electron chi connectivity index (χ2n) is 7.86. The summed E-state index contributed by atoms with van der Waals surface area (Å²) >= 11 is 1.25. The smallest absolute Gasteiger partial charge is 0.341 e. The molecule has 0 spiro atoms. The number of thiophene rings is 1. The summed E-state index contributed by atoms with van der Waals surface area (Å²) in [6.07, 6.45) is 0. The number of ether oxygens (including phenoxy) is 2. The van der Waals surface area contributed by atoms with Gasteiger partial charge in [-0.05, 0) is 42.0 Å². The van der Waals surface area contributed by atoms with Crippen LogP contribution in [0, 0.1) is 5.82 Å². The number of anilines is 2. The number of rotatable bonds is 7. The van der Waals surface area contributed by atoms with Gasteiger partial charge >= 0.3 is 5.97 Å². The van der Waals surface area contributed by atoms with Gasteiger partial charge in [-0.1, -0.05) is 12.1 Å². The molecule has 0 atom stereocenters. The zero-order valence-electron chi connectivity index (χ0n) is 19.0. The molecule has 0 unspecified atom stereocenters. The fourth-order valence-electron chi connectivity index (χ4n) is 3.92. The van der Waals surface area contributed by atoms with Crippen LogP contribution in [0.2, 0.25) is 0 Å². The van der Waals surface area contributed by atoms with E-state index < -0.39 is 5.97 Å². The van der Waals surface area contributed by atoms with Crippen molar-refractivity contribution in [2.24, 2.45) is 0 Å². The highest BCUT2D eigenvalue weighted by atomic mass is 32.1. The SMILES string of the molecule is COC(=O)c1c(-c2ccc(F)cc2)csc1NC(=O)CN1CCN(c2ccc(OC)cc2)CC1. The maximum atomic E-state index is 13.3. The molecule has 2 aromatic carbocycles. The summed E-state index contributed by atoms with van der Waals surface area (Å²) in [5.41, 5.74) is 2.67. The number of esters is 1. The predicted octanol–water partition coefficient (Wildman–Crippen LogP) is 4.11. The van der Waals surface area contributed by atoms with Gasteiger partial charge in [0.05, 0.1) is 20.8 Å². The monoisotopic (exact) mass is 483 g/mol. The summed E-state index contributed by atoms with van der Waals surface area (Å²) < 4.78 is 23.5. The van der Waals surface area contributed by atoms with Gasteiger partial charge in [0.2, 0.25) is 5.91 Å². The number of carbonyl (C=O) groups is 2. The van der Waals surface area contributed by atoms with Crippen molar-refractivity contribution >= 4 is 33.9 Å². The van der Waals surface area contributed by atoms with Gasteiger partial charge in [0.1, 0.15) is 22.1 Å². The summed E-state index contributed by atoms with van der Waals surface area (Å²) in [6, 6.07) is 13.8. The van der Waals surface area contributed by atoms with Crippen LogP contribution in [0.3, 0.4) is 0 Å². The summed E-state index contributed by atoms with van der Waals surface area (Å²) in [7, 11) is 2.94. The molecule has 1 amide bonds. The molecule has 34 heavy (non-hydrogen) atoms. The molecule has 1 N–H and O–H groups in total. The molecule has 1 aromatic heterocycles. The Hall–Kier alpha value is -3.43. The number of hydrogen-bond acceptors (Lipinski definition) is 7. The maximum Gasteiger partial charge on any atom is 0.341 e. The normalized spacial score (nSPS) is 14.0. The van der Waals surface area contributed by atoms with Crippen molar-refractivity contribution in [3.8, 4) is 16.9 Å². The summed E-state index contributed by atoms with van der Waals surface area (Å²) in [6.45, 7) is 3.32. The molecule has 1 aliphatic rings. The van der Waals surface area contributed by atoms with Crippen LogP contribution in [-0.4, -0.2) is 63.7 Å². The molecule has 0 saturated carbocycles. The molecule has 3 aromatic rings. The first-order chi connectivity index (χ1) is 16.5. The van der Waals surface area contributed by atoms with Gasteiger partial charge in [0.15, 0.2) is 0 Å². The van der Waals surface area contributed by atoms with E-state index in [1.54, 1.807) is 24.6 Å². The highest BCUT2D eigenvalue weighted by Crippen LogP contribution is 2.36. The minimum absolute atomic E-state index is 0.199. The van der Waals surface area contributed by atoms with E-state index in [4.69, 9.17) is 9.47 Å². The van der Waals surface area contributed by atoms with Crippen molar-refractivity contribution in [2.45, 2.75) is 0 Å². The Balaban J connectivity index is 1.38. The predicted molar refractivity (Wildman–Crippen MR) is 131 cm³/mol. The van der Waals surface area contributed by atoms with Crippen molar-refractivity contribution in [2.75, 3.05) is 57.2 Å². The Kier molecular flexibility index (Phi) is 7.44. The summed E-state index contributed by atoms with van der Waals surface area (Å²) in [5, 5.41) is 5.06. The standard InChI is InChI=1S/C25H26FN3O4S/c1-32-20-9-7-19(8-10-20)29-13-11-28(12-14-29)15-22(30)27-24-23(25(31)33-2)21(16-34-24)17-3-5-18(26)6-4-17/h3-10,16H,11-15H2,1-2H3,(H,27,30). The highest BCUT2D eigenvalue weighted by molar-refractivity contribution is 7.15. The first-order valence-electron chi connectivity index (χ1n) is 10.9. The molecule has 1 fully saturated rings.